The van der Waals surface area contributed by atoms with Gasteiger partial charge in [0.25, 0.3) is 0 Å². The molecule has 0 aliphatic heterocycles. The fourth-order valence-electron chi connectivity index (χ4n) is 2.92. The van der Waals surface area contributed by atoms with E-state index in [0.717, 1.165) is 23.4 Å². The summed E-state index contributed by atoms with van der Waals surface area (Å²) >= 11 is 0. The Kier molecular flexibility index (Phi) is 3.44. The van der Waals surface area contributed by atoms with Crippen molar-refractivity contribution in [3.05, 3.63) is 25.2 Å². The van der Waals surface area contributed by atoms with Gasteiger partial charge < -0.3 is 4.90 Å². The summed E-state index contributed by atoms with van der Waals surface area (Å²) in [6.07, 6.45) is 11.8. The largest absolute Gasteiger partial charge is 0.349 e. The van der Waals surface area contributed by atoms with Crippen molar-refractivity contribution in [1.82, 2.24) is 20.2 Å². The first-order valence-electron chi connectivity index (χ1n) is 6.92. The van der Waals surface area contributed by atoms with Crippen molar-refractivity contribution in [3.63, 3.8) is 0 Å². The lowest BCUT2D eigenvalue weighted by molar-refractivity contribution is 0.420. The van der Waals surface area contributed by atoms with Gasteiger partial charge in [-0.25, -0.2) is 9.97 Å². The maximum Gasteiger partial charge on any atom is 0.160 e. The minimum absolute atomic E-state index is 0.555. The van der Waals surface area contributed by atoms with E-state index in [2.05, 4.69) is 31.6 Å². The van der Waals surface area contributed by atoms with Crippen molar-refractivity contribution in [3.8, 4) is 0 Å². The number of H-pyrrole nitrogens is 1. The molecule has 0 saturated heterocycles. The first-order valence-corrected chi connectivity index (χ1v) is 6.92. The molecule has 1 aliphatic carbocycles. The van der Waals surface area contributed by atoms with Gasteiger partial charge in [-0.05, 0) is 12.8 Å². The van der Waals surface area contributed by atoms with Crippen LogP contribution < -0.4 is 4.90 Å². The molecule has 3 rings (SSSR count). The molecule has 5 nitrogen and oxygen atoms in total. The molecule has 0 aromatic carbocycles. The van der Waals surface area contributed by atoms with Crippen LogP contribution in [-0.4, -0.2) is 32.8 Å². The summed E-state index contributed by atoms with van der Waals surface area (Å²) in [5.41, 5.74) is 0.801. The fraction of sp³-hybridized carbons (Fsp3) is 0.500. The van der Waals surface area contributed by atoms with Crippen molar-refractivity contribution >= 4 is 16.9 Å². The second-order valence-electron chi connectivity index (χ2n) is 5.06. The zero-order valence-electron chi connectivity index (χ0n) is 11.0. The van der Waals surface area contributed by atoms with Gasteiger partial charge in [-0.1, -0.05) is 25.3 Å². The van der Waals surface area contributed by atoms with Crippen LogP contribution >= 0.6 is 0 Å². The van der Waals surface area contributed by atoms with Gasteiger partial charge in [-0.2, -0.15) is 5.10 Å². The fourth-order valence-corrected chi connectivity index (χ4v) is 2.92. The molecule has 2 heterocycles. The smallest absolute Gasteiger partial charge is 0.160 e. The lowest BCUT2D eigenvalue weighted by atomic mass is 9.94. The minimum Gasteiger partial charge on any atom is -0.349 e. The molecule has 0 spiro atoms. The normalized spacial score (nSPS) is 16.6. The molecule has 0 amide bonds. The highest BCUT2D eigenvalue weighted by Gasteiger charge is 2.23. The molecule has 1 aliphatic rings. The number of nitrogens with one attached hydrogen (secondary N) is 1. The predicted octanol–water partition coefficient (Wildman–Crippen LogP) is 2.68. The molecule has 100 valence electrons. The zero-order valence-corrected chi connectivity index (χ0v) is 11.0. The molecule has 19 heavy (non-hydrogen) atoms. The molecule has 5 heteroatoms. The van der Waals surface area contributed by atoms with E-state index in [1.165, 1.54) is 32.1 Å². The van der Waals surface area contributed by atoms with Gasteiger partial charge in [0.1, 0.15) is 12.1 Å². The Morgan fingerprint density at radius 2 is 2.16 bits per heavy atom. The lowest BCUT2D eigenvalue weighted by Crippen LogP contribution is -2.37. The van der Waals surface area contributed by atoms with E-state index in [-0.39, 0.29) is 0 Å². The maximum absolute atomic E-state index is 4.48. The number of hydrogen-bond donors (Lipinski definition) is 1. The van der Waals surface area contributed by atoms with Crippen molar-refractivity contribution in [2.45, 2.75) is 38.1 Å². The number of fused-ring (bicyclic) bond motifs is 1. The van der Waals surface area contributed by atoms with Crippen molar-refractivity contribution in [2.75, 3.05) is 11.4 Å². The lowest BCUT2D eigenvalue weighted by Gasteiger charge is -2.34. The number of nitrogens with zero attached hydrogens (tertiary/aromatic N) is 4. The van der Waals surface area contributed by atoms with Gasteiger partial charge in [-0.3, -0.25) is 5.10 Å². The number of hydrogen-bond acceptors (Lipinski definition) is 4. The van der Waals surface area contributed by atoms with Gasteiger partial charge in [0.05, 0.1) is 11.6 Å². The molecule has 1 fully saturated rings. The van der Waals surface area contributed by atoms with E-state index in [9.17, 15) is 0 Å². The Labute approximate surface area is 112 Å². The third-order valence-corrected chi connectivity index (χ3v) is 3.84. The summed E-state index contributed by atoms with van der Waals surface area (Å²) in [6, 6.07) is 0.555. The average molecular weight is 257 g/mol. The Bertz CT molecular complexity index is 556. The summed E-state index contributed by atoms with van der Waals surface area (Å²) in [7, 11) is 0. The van der Waals surface area contributed by atoms with Crippen LogP contribution in [0.2, 0.25) is 0 Å². The first kappa shape index (κ1) is 12.1. The molecule has 0 radical (unpaired) electrons. The van der Waals surface area contributed by atoms with E-state index in [1.807, 2.05) is 12.3 Å². The first-order chi connectivity index (χ1) is 9.40. The molecule has 2 aromatic rings. The quantitative estimate of drug-likeness (QED) is 0.855. The highest BCUT2D eigenvalue weighted by Crippen LogP contribution is 2.29. The number of anilines is 1. The summed E-state index contributed by atoms with van der Waals surface area (Å²) in [6.45, 7) is 4.70. The maximum atomic E-state index is 4.48. The third-order valence-electron chi connectivity index (χ3n) is 3.84. The molecular formula is C14H19N5. The molecule has 1 N–H and O–H groups in total. The third kappa shape index (κ3) is 2.32. The van der Waals surface area contributed by atoms with E-state index in [1.54, 1.807) is 6.33 Å². The molecule has 0 bridgehead atoms. The van der Waals surface area contributed by atoms with Crippen LogP contribution in [-0.2, 0) is 0 Å². The Morgan fingerprint density at radius 3 is 2.95 bits per heavy atom. The second-order valence-corrected chi connectivity index (χ2v) is 5.06. The van der Waals surface area contributed by atoms with Crippen molar-refractivity contribution in [2.24, 2.45) is 0 Å². The Balaban J connectivity index is 1.98. The van der Waals surface area contributed by atoms with Gasteiger partial charge in [-0.15, -0.1) is 6.58 Å². The topological polar surface area (TPSA) is 57.7 Å². The van der Waals surface area contributed by atoms with Crippen LogP contribution in [0, 0.1) is 0 Å². The highest BCUT2D eigenvalue weighted by molar-refractivity contribution is 5.86. The van der Waals surface area contributed by atoms with Crippen LogP contribution in [0.15, 0.2) is 25.2 Å². The number of aromatic amines is 1. The van der Waals surface area contributed by atoms with Gasteiger partial charge >= 0.3 is 0 Å². The summed E-state index contributed by atoms with van der Waals surface area (Å²) in [5.74, 6) is 0.977. The van der Waals surface area contributed by atoms with E-state index in [4.69, 9.17) is 0 Å². The minimum atomic E-state index is 0.555. The van der Waals surface area contributed by atoms with Crippen LogP contribution in [0.1, 0.15) is 32.1 Å². The SMILES string of the molecule is C=CCN(c1ncnc2[nH]ncc12)C1CCCCC1. The molecule has 2 aromatic heterocycles. The molecule has 0 unspecified atom stereocenters. The predicted molar refractivity (Wildman–Crippen MR) is 76.1 cm³/mol. The summed E-state index contributed by atoms with van der Waals surface area (Å²) in [5, 5.41) is 7.97. The molecular weight excluding hydrogens is 238 g/mol. The highest BCUT2D eigenvalue weighted by atomic mass is 15.2. The van der Waals surface area contributed by atoms with Gasteiger partial charge in [0.2, 0.25) is 0 Å². The monoisotopic (exact) mass is 257 g/mol. The van der Waals surface area contributed by atoms with Crippen LogP contribution in [0.5, 0.6) is 0 Å². The van der Waals surface area contributed by atoms with Crippen LogP contribution in [0.25, 0.3) is 11.0 Å². The second kappa shape index (κ2) is 5.38. The Hall–Kier alpha value is -1.91. The van der Waals surface area contributed by atoms with Gasteiger partial charge in [0, 0.05) is 12.6 Å². The van der Waals surface area contributed by atoms with E-state index >= 15 is 0 Å². The zero-order chi connectivity index (χ0) is 13.1. The molecule has 1 saturated carbocycles. The summed E-state index contributed by atoms with van der Waals surface area (Å²) in [4.78, 5) is 11.0. The Morgan fingerprint density at radius 1 is 1.32 bits per heavy atom. The van der Waals surface area contributed by atoms with Crippen molar-refractivity contribution < 1.29 is 0 Å². The standard InChI is InChI=1S/C14H19N5/c1-2-8-19(11-6-4-3-5-7-11)14-12-9-17-18-13(12)15-10-16-14/h2,9-11H,1,3-8H2,(H,15,16,17,18). The molecule has 0 atom stereocenters. The van der Waals surface area contributed by atoms with Gasteiger partial charge in [0.15, 0.2) is 5.65 Å². The van der Waals surface area contributed by atoms with Crippen LogP contribution in [0.4, 0.5) is 5.82 Å². The van der Waals surface area contributed by atoms with E-state index in [0.29, 0.717) is 6.04 Å². The van der Waals surface area contributed by atoms with Crippen molar-refractivity contribution in [1.29, 1.82) is 0 Å². The summed E-state index contributed by atoms with van der Waals surface area (Å²) < 4.78 is 0. The number of rotatable bonds is 4. The van der Waals surface area contributed by atoms with E-state index < -0.39 is 0 Å². The van der Waals surface area contributed by atoms with Crippen LogP contribution in [0.3, 0.4) is 0 Å². The number of aromatic nitrogens is 4. The average Bonchev–Trinajstić information content (AvgIpc) is 2.94.